The molecule has 1 heterocycles. The van der Waals surface area contributed by atoms with Crippen molar-refractivity contribution in [1.29, 1.82) is 0 Å². The van der Waals surface area contributed by atoms with Crippen LogP contribution in [0.2, 0.25) is 0 Å². The molecular weight excluding hydrogens is 420 g/mol. The van der Waals surface area contributed by atoms with Crippen molar-refractivity contribution >= 4 is 17.7 Å². The van der Waals surface area contributed by atoms with Crippen molar-refractivity contribution in [3.63, 3.8) is 0 Å². The minimum atomic E-state index is -4.49. The van der Waals surface area contributed by atoms with E-state index >= 15 is 0 Å². The number of hydrogen-bond donors (Lipinski definition) is 1. The van der Waals surface area contributed by atoms with E-state index in [9.17, 15) is 22.4 Å². The van der Waals surface area contributed by atoms with E-state index in [0.29, 0.717) is 10.9 Å². The fraction of sp³-hybridized carbons (Fsp3) is 0.250. The van der Waals surface area contributed by atoms with E-state index in [2.05, 4.69) is 15.5 Å². The Morgan fingerprint density at radius 1 is 1.13 bits per heavy atom. The zero-order chi connectivity index (χ0) is 21.7. The Labute approximate surface area is 174 Å². The first-order valence-corrected chi connectivity index (χ1v) is 10.1. The monoisotopic (exact) mass is 438 g/mol. The maximum absolute atomic E-state index is 13.3. The highest BCUT2D eigenvalue weighted by Gasteiger charge is 2.31. The molecular formula is C20H18F4N4OS. The molecule has 0 aliphatic rings. The van der Waals surface area contributed by atoms with Crippen LogP contribution in [0.3, 0.4) is 0 Å². The van der Waals surface area contributed by atoms with Gasteiger partial charge in [0.1, 0.15) is 5.82 Å². The average Bonchev–Trinajstić information content (AvgIpc) is 3.12. The van der Waals surface area contributed by atoms with Gasteiger partial charge in [-0.05, 0) is 42.8 Å². The van der Waals surface area contributed by atoms with Crippen LogP contribution in [0, 0.1) is 5.82 Å². The van der Waals surface area contributed by atoms with E-state index in [0.717, 1.165) is 24.6 Å². The summed E-state index contributed by atoms with van der Waals surface area (Å²) in [6.45, 7) is 1.88. The number of halogens is 4. The van der Waals surface area contributed by atoms with Gasteiger partial charge in [0, 0.05) is 11.3 Å². The van der Waals surface area contributed by atoms with Gasteiger partial charge in [0.15, 0.2) is 11.0 Å². The van der Waals surface area contributed by atoms with Crippen LogP contribution in [0.1, 0.15) is 35.1 Å². The smallest absolute Gasteiger partial charge is 0.345 e. The molecule has 0 unspecified atom stereocenters. The summed E-state index contributed by atoms with van der Waals surface area (Å²) in [6, 6.07) is 10.0. The van der Waals surface area contributed by atoms with Gasteiger partial charge in [0.2, 0.25) is 0 Å². The predicted molar refractivity (Wildman–Crippen MR) is 105 cm³/mol. The number of hydrogen-bond acceptors (Lipinski definition) is 4. The third kappa shape index (κ3) is 5.18. The normalized spacial score (nSPS) is 11.5. The summed E-state index contributed by atoms with van der Waals surface area (Å²) in [7, 11) is 0. The highest BCUT2D eigenvalue weighted by atomic mass is 32.2. The standard InChI is InChI=1S/C20H18F4N4OS/c1-2-9-30-19-27-26-17(12-25-18(29)13-5-3-7-15(21)10-13)28(19)16-8-4-6-14(11-16)20(22,23)24/h3-8,10-11H,2,9,12H2,1H3,(H,25,29). The van der Waals surface area contributed by atoms with Gasteiger partial charge < -0.3 is 5.32 Å². The van der Waals surface area contributed by atoms with Crippen LogP contribution in [0.5, 0.6) is 0 Å². The van der Waals surface area contributed by atoms with Crippen molar-refractivity contribution in [2.45, 2.75) is 31.2 Å². The molecule has 1 amide bonds. The molecule has 1 aromatic heterocycles. The van der Waals surface area contributed by atoms with Crippen LogP contribution >= 0.6 is 11.8 Å². The summed E-state index contributed by atoms with van der Waals surface area (Å²) in [5, 5.41) is 11.1. The van der Waals surface area contributed by atoms with Gasteiger partial charge in [-0.3, -0.25) is 9.36 Å². The van der Waals surface area contributed by atoms with Crippen LogP contribution < -0.4 is 5.32 Å². The van der Waals surface area contributed by atoms with Crippen LogP contribution in [-0.4, -0.2) is 26.4 Å². The number of alkyl halides is 3. The van der Waals surface area contributed by atoms with E-state index in [4.69, 9.17) is 0 Å². The summed E-state index contributed by atoms with van der Waals surface area (Å²) >= 11 is 1.35. The van der Waals surface area contributed by atoms with Crippen LogP contribution in [-0.2, 0) is 12.7 Å². The number of nitrogens with zero attached hydrogens (tertiary/aromatic N) is 3. The van der Waals surface area contributed by atoms with Gasteiger partial charge in [-0.2, -0.15) is 13.2 Å². The van der Waals surface area contributed by atoms with Crippen LogP contribution in [0.15, 0.2) is 53.7 Å². The Morgan fingerprint density at radius 3 is 2.60 bits per heavy atom. The van der Waals surface area contributed by atoms with Crippen molar-refractivity contribution in [3.05, 3.63) is 71.3 Å². The molecule has 30 heavy (non-hydrogen) atoms. The Kier molecular flexibility index (Phi) is 6.76. The molecule has 1 N–H and O–H groups in total. The second-order valence-corrected chi connectivity index (χ2v) is 7.39. The molecule has 0 aliphatic carbocycles. The molecule has 0 bridgehead atoms. The molecule has 2 aromatic carbocycles. The molecule has 158 valence electrons. The zero-order valence-corrected chi connectivity index (χ0v) is 16.7. The van der Waals surface area contributed by atoms with Gasteiger partial charge in [0.25, 0.3) is 5.91 Å². The Balaban J connectivity index is 1.90. The quantitative estimate of drug-likeness (QED) is 0.423. The topological polar surface area (TPSA) is 59.8 Å². The van der Waals surface area contributed by atoms with Crippen LogP contribution in [0.25, 0.3) is 5.69 Å². The Hall–Kier alpha value is -2.88. The summed E-state index contributed by atoms with van der Waals surface area (Å²) in [4.78, 5) is 12.3. The molecule has 0 saturated heterocycles. The fourth-order valence-electron chi connectivity index (χ4n) is 2.67. The predicted octanol–water partition coefficient (Wildman–Crippen LogP) is 4.86. The lowest BCUT2D eigenvalue weighted by atomic mass is 10.2. The number of carbonyl (C=O) groups excluding carboxylic acids is 1. The van der Waals surface area contributed by atoms with E-state index in [1.165, 1.54) is 46.7 Å². The Bertz CT molecular complexity index is 1040. The van der Waals surface area contributed by atoms with Crippen LogP contribution in [0.4, 0.5) is 17.6 Å². The van der Waals surface area contributed by atoms with Gasteiger partial charge in [0.05, 0.1) is 17.8 Å². The third-order valence-electron chi connectivity index (χ3n) is 4.06. The number of nitrogens with one attached hydrogen (secondary N) is 1. The van der Waals surface area contributed by atoms with Crippen molar-refractivity contribution in [2.75, 3.05) is 5.75 Å². The molecule has 0 atom stereocenters. The number of benzene rings is 2. The molecule has 3 aromatic rings. The summed E-state index contributed by atoms with van der Waals surface area (Å²) in [6.07, 6.45) is -3.65. The lowest BCUT2D eigenvalue weighted by Crippen LogP contribution is -2.24. The minimum absolute atomic E-state index is 0.0920. The number of amides is 1. The lowest BCUT2D eigenvalue weighted by molar-refractivity contribution is -0.137. The largest absolute Gasteiger partial charge is 0.416 e. The molecule has 0 aliphatic heterocycles. The summed E-state index contributed by atoms with van der Waals surface area (Å²) < 4.78 is 54.3. The molecule has 0 fully saturated rings. The second kappa shape index (κ2) is 9.29. The van der Waals surface area contributed by atoms with Crippen molar-refractivity contribution < 1.29 is 22.4 Å². The van der Waals surface area contributed by atoms with Gasteiger partial charge >= 0.3 is 6.18 Å². The van der Waals surface area contributed by atoms with E-state index in [1.807, 2.05) is 6.92 Å². The number of rotatable bonds is 7. The highest BCUT2D eigenvalue weighted by molar-refractivity contribution is 7.99. The number of thioether (sulfide) groups is 1. The minimum Gasteiger partial charge on any atom is -0.345 e. The highest BCUT2D eigenvalue weighted by Crippen LogP contribution is 2.31. The lowest BCUT2D eigenvalue weighted by Gasteiger charge is -2.13. The average molecular weight is 438 g/mol. The van der Waals surface area contributed by atoms with Gasteiger partial charge in [-0.15, -0.1) is 10.2 Å². The first-order valence-electron chi connectivity index (χ1n) is 9.08. The van der Waals surface area contributed by atoms with Crippen molar-refractivity contribution in [1.82, 2.24) is 20.1 Å². The molecule has 0 radical (unpaired) electrons. The maximum atomic E-state index is 13.3. The SMILES string of the molecule is CCCSc1nnc(CNC(=O)c2cccc(F)c2)n1-c1cccc(C(F)(F)F)c1. The second-order valence-electron chi connectivity index (χ2n) is 6.32. The molecule has 5 nitrogen and oxygen atoms in total. The number of aromatic nitrogens is 3. The Morgan fingerprint density at radius 2 is 1.90 bits per heavy atom. The van der Waals surface area contributed by atoms with Gasteiger partial charge in [-0.25, -0.2) is 4.39 Å². The van der Waals surface area contributed by atoms with E-state index < -0.39 is 23.5 Å². The third-order valence-corrected chi connectivity index (χ3v) is 5.20. The molecule has 3 rings (SSSR count). The molecule has 0 saturated carbocycles. The molecule has 10 heteroatoms. The van der Waals surface area contributed by atoms with E-state index in [1.54, 1.807) is 0 Å². The van der Waals surface area contributed by atoms with E-state index in [-0.39, 0.29) is 23.6 Å². The summed E-state index contributed by atoms with van der Waals surface area (Å²) in [5.74, 6) is -0.117. The molecule has 0 spiro atoms. The first kappa shape index (κ1) is 21.8. The van der Waals surface area contributed by atoms with Crippen molar-refractivity contribution in [3.8, 4) is 5.69 Å². The summed E-state index contributed by atoms with van der Waals surface area (Å²) in [5.41, 5.74) is -0.431. The van der Waals surface area contributed by atoms with Gasteiger partial charge in [-0.1, -0.05) is 30.8 Å². The number of carbonyl (C=O) groups is 1. The fourth-order valence-corrected chi connectivity index (χ4v) is 3.50. The maximum Gasteiger partial charge on any atom is 0.416 e. The zero-order valence-electron chi connectivity index (χ0n) is 15.9. The first-order chi connectivity index (χ1) is 14.3. The van der Waals surface area contributed by atoms with Crippen molar-refractivity contribution in [2.24, 2.45) is 0 Å².